The number of likely N-dealkylation sites (N-methyl/N-ethyl adjacent to an activating group) is 1. The van der Waals surface area contributed by atoms with Gasteiger partial charge < -0.3 is 15.3 Å². The predicted octanol–water partition coefficient (Wildman–Crippen LogP) is 3.22. The van der Waals surface area contributed by atoms with Gasteiger partial charge in [-0.3, -0.25) is 0 Å². The van der Waals surface area contributed by atoms with Crippen LogP contribution in [0.5, 0.6) is 0 Å². The summed E-state index contributed by atoms with van der Waals surface area (Å²) in [6.45, 7) is 5.51. The maximum absolute atomic E-state index is 13.1. The molecule has 0 aromatic heterocycles. The van der Waals surface area contributed by atoms with E-state index in [9.17, 15) is 18.0 Å². The third kappa shape index (κ3) is 5.13. The molecule has 130 valence electrons. The number of amides is 2. The number of halogens is 3. The van der Waals surface area contributed by atoms with Gasteiger partial charge in [-0.05, 0) is 25.5 Å². The van der Waals surface area contributed by atoms with E-state index < -0.39 is 29.7 Å². The van der Waals surface area contributed by atoms with Gasteiger partial charge in [-0.1, -0.05) is 25.1 Å². The highest BCUT2D eigenvalue weighted by Gasteiger charge is 2.35. The van der Waals surface area contributed by atoms with Gasteiger partial charge in [-0.2, -0.15) is 13.2 Å². The molecule has 2 unspecified atom stereocenters. The van der Waals surface area contributed by atoms with Gasteiger partial charge >= 0.3 is 12.2 Å². The number of carbonyl (C=O) groups excluding carboxylic acids is 1. The average Bonchev–Trinajstić information content (AvgIpc) is 2.50. The lowest BCUT2D eigenvalue weighted by atomic mass is 9.90. The summed E-state index contributed by atoms with van der Waals surface area (Å²) in [5, 5.41) is 11.6. The van der Waals surface area contributed by atoms with E-state index in [0.717, 1.165) is 6.07 Å². The third-order valence-electron chi connectivity index (χ3n) is 3.90. The largest absolute Gasteiger partial charge is 0.416 e. The summed E-state index contributed by atoms with van der Waals surface area (Å²) in [7, 11) is 0. The lowest BCUT2D eigenvalue weighted by molar-refractivity contribution is -0.138. The Morgan fingerprint density at radius 2 is 1.91 bits per heavy atom. The highest BCUT2D eigenvalue weighted by atomic mass is 19.4. The first-order valence-corrected chi connectivity index (χ1v) is 7.54. The molecule has 0 radical (unpaired) electrons. The second kappa shape index (κ2) is 8.19. The minimum atomic E-state index is -4.43. The van der Waals surface area contributed by atoms with Crippen LogP contribution in [0, 0.1) is 0 Å². The van der Waals surface area contributed by atoms with Crippen LogP contribution in [0.2, 0.25) is 0 Å². The second-order valence-corrected chi connectivity index (χ2v) is 5.42. The van der Waals surface area contributed by atoms with Gasteiger partial charge in [0.2, 0.25) is 0 Å². The van der Waals surface area contributed by atoms with Crippen molar-refractivity contribution in [2.75, 3.05) is 19.7 Å². The molecule has 4 nitrogen and oxygen atoms in total. The van der Waals surface area contributed by atoms with Gasteiger partial charge in [-0.25, -0.2) is 4.79 Å². The maximum atomic E-state index is 13.1. The number of aliphatic hydroxyl groups is 1. The van der Waals surface area contributed by atoms with Crippen molar-refractivity contribution in [2.45, 2.75) is 38.9 Å². The quantitative estimate of drug-likeness (QED) is 0.840. The highest BCUT2D eigenvalue weighted by molar-refractivity contribution is 5.74. The van der Waals surface area contributed by atoms with Crippen LogP contribution in [0.1, 0.15) is 37.8 Å². The summed E-state index contributed by atoms with van der Waals surface area (Å²) in [4.78, 5) is 13.5. The molecule has 2 atom stereocenters. The second-order valence-electron chi connectivity index (χ2n) is 5.42. The van der Waals surface area contributed by atoms with Crippen molar-refractivity contribution in [1.82, 2.24) is 10.2 Å². The number of urea groups is 1. The van der Waals surface area contributed by atoms with E-state index >= 15 is 0 Å². The van der Waals surface area contributed by atoms with Crippen LogP contribution in [0.25, 0.3) is 0 Å². The van der Waals surface area contributed by atoms with Crippen molar-refractivity contribution in [3.05, 3.63) is 35.4 Å². The van der Waals surface area contributed by atoms with E-state index in [4.69, 9.17) is 5.11 Å². The molecule has 23 heavy (non-hydrogen) atoms. The molecule has 0 aliphatic carbocycles. The monoisotopic (exact) mass is 332 g/mol. The van der Waals surface area contributed by atoms with Crippen LogP contribution < -0.4 is 5.32 Å². The Balaban J connectivity index is 2.89. The molecule has 0 aliphatic rings. The van der Waals surface area contributed by atoms with Gasteiger partial charge in [0.1, 0.15) is 0 Å². The fraction of sp³-hybridized carbons (Fsp3) is 0.562. The summed E-state index contributed by atoms with van der Waals surface area (Å²) in [6, 6.07) is 4.50. The first kappa shape index (κ1) is 19.3. The lowest BCUT2D eigenvalue weighted by Gasteiger charge is -2.28. The summed E-state index contributed by atoms with van der Waals surface area (Å²) in [5.41, 5.74) is -0.533. The Labute approximate surface area is 134 Å². The van der Waals surface area contributed by atoms with Crippen LogP contribution in [-0.4, -0.2) is 41.8 Å². The molecule has 7 heteroatoms. The number of rotatable bonds is 6. The van der Waals surface area contributed by atoms with Crippen LogP contribution in [-0.2, 0) is 6.18 Å². The zero-order valence-electron chi connectivity index (χ0n) is 13.5. The van der Waals surface area contributed by atoms with Crippen molar-refractivity contribution in [3.63, 3.8) is 0 Å². The van der Waals surface area contributed by atoms with Crippen molar-refractivity contribution < 1.29 is 23.1 Å². The van der Waals surface area contributed by atoms with Gasteiger partial charge in [0.05, 0.1) is 12.2 Å². The molecule has 0 aliphatic heterocycles. The number of aliphatic hydroxyl groups excluding tert-OH is 1. The van der Waals surface area contributed by atoms with E-state index in [2.05, 4.69) is 5.32 Å². The van der Waals surface area contributed by atoms with E-state index in [1.165, 1.54) is 17.0 Å². The standard InChI is InChI=1S/C16H23F3N2O2/c1-4-21(9-10-22)15(23)20-12(3)11(2)13-7-5-6-8-14(13)16(17,18)19/h5-8,11-12,22H,4,9-10H2,1-3H3,(H,20,23). The zero-order chi connectivity index (χ0) is 17.6. The summed E-state index contributed by atoms with van der Waals surface area (Å²) < 4.78 is 39.3. The summed E-state index contributed by atoms with van der Waals surface area (Å²) in [6.07, 6.45) is -4.43. The van der Waals surface area contributed by atoms with Gasteiger partial charge in [0.25, 0.3) is 0 Å². The van der Waals surface area contributed by atoms with E-state index in [0.29, 0.717) is 6.54 Å². The molecule has 1 aromatic rings. The highest BCUT2D eigenvalue weighted by Crippen LogP contribution is 2.35. The van der Waals surface area contributed by atoms with E-state index in [-0.39, 0.29) is 18.7 Å². The third-order valence-corrected chi connectivity index (χ3v) is 3.90. The van der Waals surface area contributed by atoms with Crippen LogP contribution in [0.15, 0.2) is 24.3 Å². The van der Waals surface area contributed by atoms with Crippen molar-refractivity contribution in [3.8, 4) is 0 Å². The molecule has 0 heterocycles. The number of benzene rings is 1. The number of hydrogen-bond acceptors (Lipinski definition) is 2. The lowest BCUT2D eigenvalue weighted by Crippen LogP contribution is -2.46. The zero-order valence-corrected chi connectivity index (χ0v) is 13.5. The van der Waals surface area contributed by atoms with Crippen LogP contribution >= 0.6 is 0 Å². The van der Waals surface area contributed by atoms with Gasteiger partial charge in [-0.15, -0.1) is 0 Å². The molecular formula is C16H23F3N2O2. The van der Waals surface area contributed by atoms with Crippen molar-refractivity contribution in [2.24, 2.45) is 0 Å². The predicted molar refractivity (Wildman–Crippen MR) is 82.2 cm³/mol. The Bertz CT molecular complexity index is 520. The Hall–Kier alpha value is -1.76. The Morgan fingerprint density at radius 1 is 1.30 bits per heavy atom. The fourth-order valence-corrected chi connectivity index (χ4v) is 2.36. The van der Waals surface area contributed by atoms with Gasteiger partial charge in [0, 0.05) is 25.0 Å². The number of alkyl halides is 3. The molecule has 0 bridgehead atoms. The van der Waals surface area contributed by atoms with Crippen molar-refractivity contribution >= 4 is 6.03 Å². The Kier molecular flexibility index (Phi) is 6.87. The molecule has 0 saturated heterocycles. The van der Waals surface area contributed by atoms with E-state index in [1.807, 2.05) is 0 Å². The summed E-state index contributed by atoms with van der Waals surface area (Å²) >= 11 is 0. The number of nitrogens with zero attached hydrogens (tertiary/aromatic N) is 1. The van der Waals surface area contributed by atoms with Crippen LogP contribution in [0.3, 0.4) is 0 Å². The van der Waals surface area contributed by atoms with Crippen molar-refractivity contribution in [1.29, 1.82) is 0 Å². The summed E-state index contributed by atoms with van der Waals surface area (Å²) in [5.74, 6) is -0.510. The van der Waals surface area contributed by atoms with E-state index in [1.54, 1.807) is 26.8 Å². The number of carbonyl (C=O) groups is 1. The maximum Gasteiger partial charge on any atom is 0.416 e. The Morgan fingerprint density at radius 3 is 2.43 bits per heavy atom. The smallest absolute Gasteiger partial charge is 0.395 e. The fourth-order valence-electron chi connectivity index (χ4n) is 2.36. The number of hydrogen-bond donors (Lipinski definition) is 2. The molecular weight excluding hydrogens is 309 g/mol. The normalized spacial score (nSPS) is 14.2. The average molecular weight is 332 g/mol. The SMILES string of the molecule is CCN(CCO)C(=O)NC(C)C(C)c1ccccc1C(F)(F)F. The number of nitrogens with one attached hydrogen (secondary N) is 1. The molecule has 1 aromatic carbocycles. The molecule has 0 spiro atoms. The first-order chi connectivity index (χ1) is 10.7. The molecule has 1 rings (SSSR count). The molecule has 0 fully saturated rings. The molecule has 0 saturated carbocycles. The van der Waals surface area contributed by atoms with Gasteiger partial charge in [0.15, 0.2) is 0 Å². The topological polar surface area (TPSA) is 52.6 Å². The molecule has 2 N–H and O–H groups in total. The van der Waals surface area contributed by atoms with Crippen LogP contribution in [0.4, 0.5) is 18.0 Å². The molecule has 2 amide bonds. The minimum absolute atomic E-state index is 0.151. The minimum Gasteiger partial charge on any atom is -0.395 e. The first-order valence-electron chi connectivity index (χ1n) is 7.54.